The van der Waals surface area contributed by atoms with Gasteiger partial charge in [-0.15, -0.1) is 12.4 Å². The summed E-state index contributed by atoms with van der Waals surface area (Å²) < 4.78 is 1.01. The molecule has 0 spiro atoms. The molecule has 0 fully saturated rings. The lowest BCUT2D eigenvalue weighted by Crippen LogP contribution is -2.40. The Morgan fingerprint density at radius 3 is 2.24 bits per heavy atom. The van der Waals surface area contributed by atoms with E-state index in [0.29, 0.717) is 18.9 Å². The molecular weight excluding hydrogens is 450 g/mol. The molecule has 3 N–H and O–H groups in total. The van der Waals surface area contributed by atoms with Crippen molar-refractivity contribution in [3.05, 3.63) is 70.2 Å². The van der Waals surface area contributed by atoms with Gasteiger partial charge < -0.3 is 15.5 Å². The van der Waals surface area contributed by atoms with E-state index in [0.717, 1.165) is 41.4 Å². The fourth-order valence-corrected chi connectivity index (χ4v) is 3.89. The van der Waals surface area contributed by atoms with Crippen LogP contribution in [-0.2, 0) is 5.60 Å². The van der Waals surface area contributed by atoms with Crippen LogP contribution < -0.4 is 5.32 Å². The number of benzene rings is 2. The SMILES string of the molecule is CC(C)CCC(O)(c1ccc(Br)cc1)C(CNCCCCO)c1ccccc1.Cl. The quantitative estimate of drug-likeness (QED) is 0.342. The Kier molecular flexibility index (Phi) is 12.1. The highest BCUT2D eigenvalue weighted by Crippen LogP contribution is 2.41. The highest BCUT2D eigenvalue weighted by atomic mass is 79.9. The molecule has 0 aliphatic heterocycles. The van der Waals surface area contributed by atoms with Gasteiger partial charge in [-0.1, -0.05) is 72.2 Å². The summed E-state index contributed by atoms with van der Waals surface area (Å²) in [6, 6.07) is 18.4. The predicted molar refractivity (Wildman–Crippen MR) is 128 cm³/mol. The molecule has 0 heterocycles. The van der Waals surface area contributed by atoms with Gasteiger partial charge in [-0.05, 0) is 61.4 Å². The highest BCUT2D eigenvalue weighted by Gasteiger charge is 2.39. The molecule has 29 heavy (non-hydrogen) atoms. The van der Waals surface area contributed by atoms with E-state index in [-0.39, 0.29) is 24.9 Å². The van der Waals surface area contributed by atoms with Crippen molar-refractivity contribution in [2.45, 2.75) is 51.0 Å². The number of nitrogens with one attached hydrogen (secondary N) is 1. The summed E-state index contributed by atoms with van der Waals surface area (Å²) in [5.74, 6) is 0.471. The largest absolute Gasteiger partial charge is 0.396 e. The zero-order chi connectivity index (χ0) is 20.4. The van der Waals surface area contributed by atoms with Crippen molar-refractivity contribution >= 4 is 28.3 Å². The van der Waals surface area contributed by atoms with E-state index in [9.17, 15) is 5.11 Å². The number of aliphatic hydroxyl groups excluding tert-OH is 1. The Labute approximate surface area is 190 Å². The van der Waals surface area contributed by atoms with Crippen LogP contribution in [0.2, 0.25) is 0 Å². The molecule has 0 bridgehead atoms. The summed E-state index contributed by atoms with van der Waals surface area (Å²) in [6.07, 6.45) is 3.40. The zero-order valence-electron chi connectivity index (χ0n) is 17.5. The van der Waals surface area contributed by atoms with Crippen molar-refractivity contribution in [3.8, 4) is 0 Å². The normalized spacial score (nSPS) is 14.3. The van der Waals surface area contributed by atoms with E-state index in [1.165, 1.54) is 0 Å². The molecule has 3 nitrogen and oxygen atoms in total. The number of unbranched alkanes of at least 4 members (excludes halogenated alkanes) is 1. The van der Waals surface area contributed by atoms with E-state index in [1.807, 2.05) is 42.5 Å². The van der Waals surface area contributed by atoms with Gasteiger partial charge in [0.1, 0.15) is 0 Å². The van der Waals surface area contributed by atoms with Crippen molar-refractivity contribution in [1.82, 2.24) is 5.32 Å². The van der Waals surface area contributed by atoms with Gasteiger partial charge in [-0.25, -0.2) is 0 Å². The van der Waals surface area contributed by atoms with E-state index < -0.39 is 5.60 Å². The van der Waals surface area contributed by atoms with Gasteiger partial charge in [0.25, 0.3) is 0 Å². The summed E-state index contributed by atoms with van der Waals surface area (Å²) in [5.41, 5.74) is 1.16. The third-order valence-electron chi connectivity index (χ3n) is 5.34. The Balaban J connectivity index is 0.00000420. The Bertz CT molecular complexity index is 681. The van der Waals surface area contributed by atoms with Crippen molar-refractivity contribution in [3.63, 3.8) is 0 Å². The minimum Gasteiger partial charge on any atom is -0.396 e. The molecule has 2 atom stereocenters. The van der Waals surface area contributed by atoms with E-state index in [1.54, 1.807) is 0 Å². The van der Waals surface area contributed by atoms with E-state index in [2.05, 4.69) is 47.2 Å². The summed E-state index contributed by atoms with van der Waals surface area (Å²) >= 11 is 3.51. The highest BCUT2D eigenvalue weighted by molar-refractivity contribution is 9.10. The van der Waals surface area contributed by atoms with Crippen LogP contribution in [0, 0.1) is 5.92 Å². The first-order valence-electron chi connectivity index (χ1n) is 10.3. The second-order valence-electron chi connectivity index (χ2n) is 7.96. The Morgan fingerprint density at radius 2 is 1.66 bits per heavy atom. The topological polar surface area (TPSA) is 52.5 Å². The molecule has 0 aliphatic carbocycles. The van der Waals surface area contributed by atoms with Gasteiger partial charge in [-0.2, -0.15) is 0 Å². The van der Waals surface area contributed by atoms with Crippen molar-refractivity contribution in [2.24, 2.45) is 5.92 Å². The van der Waals surface area contributed by atoms with Gasteiger partial charge in [0, 0.05) is 23.5 Å². The fraction of sp³-hybridized carbons (Fsp3) is 0.500. The van der Waals surface area contributed by atoms with Crippen molar-refractivity contribution in [2.75, 3.05) is 19.7 Å². The lowest BCUT2D eigenvalue weighted by Gasteiger charge is -2.38. The van der Waals surface area contributed by atoms with Crippen molar-refractivity contribution < 1.29 is 10.2 Å². The molecule has 0 aliphatic rings. The molecule has 0 saturated carbocycles. The number of rotatable bonds is 12. The molecule has 5 heteroatoms. The van der Waals surface area contributed by atoms with Gasteiger partial charge in [0.05, 0.1) is 5.60 Å². The number of hydrogen-bond donors (Lipinski definition) is 3. The molecule has 0 radical (unpaired) electrons. The van der Waals surface area contributed by atoms with Gasteiger partial charge in [0.15, 0.2) is 0 Å². The maximum atomic E-state index is 12.0. The third kappa shape index (κ3) is 8.03. The van der Waals surface area contributed by atoms with Crippen LogP contribution >= 0.6 is 28.3 Å². The van der Waals surface area contributed by atoms with E-state index >= 15 is 0 Å². The summed E-state index contributed by atoms with van der Waals surface area (Å²) in [5, 5.41) is 24.6. The molecule has 2 unspecified atom stereocenters. The third-order valence-corrected chi connectivity index (χ3v) is 5.86. The minimum absolute atomic E-state index is 0. The lowest BCUT2D eigenvalue weighted by molar-refractivity contribution is -0.00632. The van der Waals surface area contributed by atoms with Crippen LogP contribution in [0.15, 0.2) is 59.1 Å². The van der Waals surface area contributed by atoms with Gasteiger partial charge >= 0.3 is 0 Å². The maximum absolute atomic E-state index is 12.0. The smallest absolute Gasteiger partial charge is 0.0977 e. The average Bonchev–Trinajstić information content (AvgIpc) is 2.70. The summed E-state index contributed by atoms with van der Waals surface area (Å²) in [7, 11) is 0. The molecule has 2 rings (SSSR count). The van der Waals surface area contributed by atoms with Crippen LogP contribution in [0.1, 0.15) is 56.6 Å². The standard InChI is InChI=1S/C24H34BrNO2.ClH/c1-19(2)14-15-24(28,21-10-12-22(25)13-11-21)23(18-26-16-6-7-17-27)20-8-4-3-5-9-20;/h3-5,8-13,19,23,26-28H,6-7,14-18H2,1-2H3;1H. The van der Waals surface area contributed by atoms with Crippen LogP contribution in [0.5, 0.6) is 0 Å². The predicted octanol–water partition coefficient (Wildman–Crippen LogP) is 5.64. The van der Waals surface area contributed by atoms with E-state index in [4.69, 9.17) is 5.11 Å². The molecule has 2 aromatic carbocycles. The second-order valence-corrected chi connectivity index (χ2v) is 8.88. The number of aliphatic hydroxyl groups is 2. The molecule has 162 valence electrons. The summed E-state index contributed by atoms with van der Waals surface area (Å²) in [4.78, 5) is 0. The Morgan fingerprint density at radius 1 is 1.00 bits per heavy atom. The van der Waals surface area contributed by atoms with Crippen molar-refractivity contribution in [1.29, 1.82) is 0 Å². The molecule has 2 aromatic rings. The van der Waals surface area contributed by atoms with Gasteiger partial charge in [-0.3, -0.25) is 0 Å². The van der Waals surface area contributed by atoms with Crippen LogP contribution in [0.4, 0.5) is 0 Å². The monoisotopic (exact) mass is 483 g/mol. The molecule has 0 saturated heterocycles. The number of hydrogen-bond acceptors (Lipinski definition) is 3. The minimum atomic E-state index is -0.948. The fourth-order valence-electron chi connectivity index (χ4n) is 3.62. The van der Waals surface area contributed by atoms with Crippen LogP contribution in [-0.4, -0.2) is 29.9 Å². The lowest BCUT2D eigenvalue weighted by atomic mass is 9.73. The molecular formula is C24H35BrClNO2. The first-order valence-corrected chi connectivity index (χ1v) is 11.1. The first kappa shape index (κ1) is 26.1. The first-order chi connectivity index (χ1) is 13.5. The average molecular weight is 485 g/mol. The molecule has 0 amide bonds. The zero-order valence-corrected chi connectivity index (χ0v) is 19.9. The maximum Gasteiger partial charge on any atom is 0.0977 e. The molecule has 0 aromatic heterocycles. The van der Waals surface area contributed by atoms with Gasteiger partial charge in [0.2, 0.25) is 0 Å². The Hall–Kier alpha value is -0.910. The summed E-state index contributed by atoms with van der Waals surface area (Å²) in [6.45, 7) is 6.16. The van der Waals surface area contributed by atoms with Crippen LogP contribution in [0.25, 0.3) is 0 Å². The number of halogens is 2. The second kappa shape index (κ2) is 13.4. The van der Waals surface area contributed by atoms with Crippen LogP contribution in [0.3, 0.4) is 0 Å².